The van der Waals surface area contributed by atoms with Gasteiger partial charge in [0.05, 0.1) is 4.90 Å². The Balaban J connectivity index is 2.92. The second kappa shape index (κ2) is 6.85. The summed E-state index contributed by atoms with van der Waals surface area (Å²) in [7, 11) is -0.531. The van der Waals surface area contributed by atoms with E-state index in [0.29, 0.717) is 5.69 Å². The van der Waals surface area contributed by atoms with E-state index in [1.807, 2.05) is 13.8 Å². The van der Waals surface area contributed by atoms with E-state index in [2.05, 4.69) is 5.32 Å². The van der Waals surface area contributed by atoms with E-state index >= 15 is 0 Å². The van der Waals surface area contributed by atoms with Crippen LogP contribution >= 0.6 is 0 Å². The summed E-state index contributed by atoms with van der Waals surface area (Å²) >= 11 is 0. The lowest BCUT2D eigenvalue weighted by Gasteiger charge is -2.14. The Morgan fingerprint density at radius 1 is 1.35 bits per heavy atom. The smallest absolute Gasteiger partial charge is 0.242 e. The second-order valence-electron chi connectivity index (χ2n) is 4.99. The third-order valence-electron chi connectivity index (χ3n) is 3.05. The third-order valence-corrected chi connectivity index (χ3v) is 4.86. The standard InChI is InChI=1S/C14H22N2O3S/c1-5-7-11(2)14(17)15-12-8-6-9-13(10-12)20(18,19)16(3)4/h6,8-11H,5,7H2,1-4H3,(H,15,17)/t11-/m1/s1. The summed E-state index contributed by atoms with van der Waals surface area (Å²) in [6.07, 6.45) is 1.74. The van der Waals surface area contributed by atoms with E-state index in [1.54, 1.807) is 12.1 Å². The molecular weight excluding hydrogens is 276 g/mol. The monoisotopic (exact) mass is 298 g/mol. The number of carbonyl (C=O) groups is 1. The van der Waals surface area contributed by atoms with Gasteiger partial charge in [-0.05, 0) is 24.6 Å². The van der Waals surface area contributed by atoms with Crippen molar-refractivity contribution in [2.45, 2.75) is 31.6 Å². The van der Waals surface area contributed by atoms with Crippen LogP contribution in [-0.2, 0) is 14.8 Å². The van der Waals surface area contributed by atoms with Crippen molar-refractivity contribution in [3.05, 3.63) is 24.3 Å². The molecule has 0 aliphatic carbocycles. The topological polar surface area (TPSA) is 66.5 Å². The molecule has 0 radical (unpaired) electrons. The summed E-state index contributed by atoms with van der Waals surface area (Å²) in [6, 6.07) is 6.30. The number of benzene rings is 1. The van der Waals surface area contributed by atoms with Gasteiger partial charge in [0.1, 0.15) is 0 Å². The molecule has 0 spiro atoms. The largest absolute Gasteiger partial charge is 0.326 e. The number of hydrogen-bond donors (Lipinski definition) is 1. The summed E-state index contributed by atoms with van der Waals surface area (Å²) in [5.41, 5.74) is 0.501. The van der Waals surface area contributed by atoms with Gasteiger partial charge in [0.2, 0.25) is 15.9 Å². The van der Waals surface area contributed by atoms with Crippen LogP contribution in [0.4, 0.5) is 5.69 Å². The minimum Gasteiger partial charge on any atom is -0.326 e. The van der Waals surface area contributed by atoms with Gasteiger partial charge in [-0.15, -0.1) is 0 Å². The van der Waals surface area contributed by atoms with Crippen LogP contribution in [0.5, 0.6) is 0 Å². The predicted molar refractivity (Wildman–Crippen MR) is 80.0 cm³/mol. The molecule has 112 valence electrons. The van der Waals surface area contributed by atoms with Gasteiger partial charge in [-0.1, -0.05) is 26.3 Å². The van der Waals surface area contributed by atoms with Crippen LogP contribution in [0.1, 0.15) is 26.7 Å². The number of nitrogens with zero attached hydrogens (tertiary/aromatic N) is 1. The van der Waals surface area contributed by atoms with Crippen LogP contribution in [0, 0.1) is 5.92 Å². The number of sulfonamides is 1. The zero-order valence-electron chi connectivity index (χ0n) is 12.4. The summed E-state index contributed by atoms with van der Waals surface area (Å²) in [6.45, 7) is 3.88. The molecule has 0 saturated heterocycles. The molecule has 1 N–H and O–H groups in total. The molecule has 0 unspecified atom stereocenters. The van der Waals surface area contributed by atoms with Crippen LogP contribution in [0.3, 0.4) is 0 Å². The van der Waals surface area contributed by atoms with Crippen molar-refractivity contribution in [3.63, 3.8) is 0 Å². The summed E-state index contributed by atoms with van der Waals surface area (Å²) in [5, 5.41) is 2.76. The molecule has 0 aliphatic heterocycles. The maximum atomic E-state index is 12.0. The predicted octanol–water partition coefficient (Wildman–Crippen LogP) is 2.31. The van der Waals surface area contributed by atoms with Gasteiger partial charge in [0.25, 0.3) is 0 Å². The first-order chi connectivity index (χ1) is 9.28. The van der Waals surface area contributed by atoms with Crippen molar-refractivity contribution < 1.29 is 13.2 Å². The van der Waals surface area contributed by atoms with E-state index in [1.165, 1.54) is 26.2 Å². The number of carbonyl (C=O) groups excluding carboxylic acids is 1. The van der Waals surface area contributed by atoms with E-state index in [0.717, 1.165) is 17.1 Å². The minimum atomic E-state index is -3.48. The van der Waals surface area contributed by atoms with E-state index in [-0.39, 0.29) is 16.7 Å². The zero-order chi connectivity index (χ0) is 15.3. The fourth-order valence-electron chi connectivity index (χ4n) is 1.77. The van der Waals surface area contributed by atoms with Gasteiger partial charge in [-0.25, -0.2) is 12.7 Å². The van der Waals surface area contributed by atoms with Gasteiger partial charge >= 0.3 is 0 Å². The van der Waals surface area contributed by atoms with E-state index in [4.69, 9.17) is 0 Å². The molecule has 0 saturated carbocycles. The van der Waals surface area contributed by atoms with Gasteiger partial charge in [0, 0.05) is 25.7 Å². The molecule has 0 fully saturated rings. The SMILES string of the molecule is CCC[C@@H](C)C(=O)Nc1cccc(S(=O)(=O)N(C)C)c1. The van der Waals surface area contributed by atoms with Crippen LogP contribution in [0.15, 0.2) is 29.2 Å². The third kappa shape index (κ3) is 4.05. The lowest BCUT2D eigenvalue weighted by atomic mass is 10.1. The first kappa shape index (κ1) is 16.7. The lowest BCUT2D eigenvalue weighted by Crippen LogP contribution is -2.23. The molecule has 1 rings (SSSR count). The molecule has 0 bridgehead atoms. The molecule has 1 amide bonds. The molecule has 1 aromatic rings. The summed E-state index contributed by atoms with van der Waals surface area (Å²) in [5.74, 6) is -0.180. The number of amides is 1. The Bertz CT molecular complexity index is 568. The molecule has 5 nitrogen and oxygen atoms in total. The van der Waals surface area contributed by atoms with Crippen molar-refractivity contribution in [1.29, 1.82) is 0 Å². The number of rotatable bonds is 6. The number of hydrogen-bond acceptors (Lipinski definition) is 3. The molecule has 1 aromatic carbocycles. The maximum Gasteiger partial charge on any atom is 0.242 e. The normalized spacial score (nSPS) is 13.2. The zero-order valence-corrected chi connectivity index (χ0v) is 13.2. The number of anilines is 1. The van der Waals surface area contributed by atoms with Gasteiger partial charge in [-0.3, -0.25) is 4.79 Å². The van der Waals surface area contributed by atoms with Gasteiger partial charge in [-0.2, -0.15) is 0 Å². The molecular formula is C14H22N2O3S. The van der Waals surface area contributed by atoms with Crippen molar-refractivity contribution in [1.82, 2.24) is 4.31 Å². The highest BCUT2D eigenvalue weighted by Gasteiger charge is 2.18. The Morgan fingerprint density at radius 3 is 2.55 bits per heavy atom. The van der Waals surface area contributed by atoms with Gasteiger partial charge in [0.15, 0.2) is 0 Å². The Labute approximate surface area is 121 Å². The quantitative estimate of drug-likeness (QED) is 0.876. The Kier molecular flexibility index (Phi) is 5.71. The first-order valence-electron chi connectivity index (χ1n) is 6.62. The van der Waals surface area contributed by atoms with Crippen LogP contribution in [0.2, 0.25) is 0 Å². The Morgan fingerprint density at radius 2 is 2.00 bits per heavy atom. The summed E-state index contributed by atoms with van der Waals surface area (Å²) in [4.78, 5) is 12.1. The molecule has 0 aliphatic rings. The molecule has 6 heteroatoms. The van der Waals surface area contributed by atoms with E-state index < -0.39 is 10.0 Å². The molecule has 0 aromatic heterocycles. The lowest BCUT2D eigenvalue weighted by molar-refractivity contribution is -0.119. The fraction of sp³-hybridized carbons (Fsp3) is 0.500. The maximum absolute atomic E-state index is 12.0. The highest BCUT2D eigenvalue weighted by Crippen LogP contribution is 2.19. The average Bonchev–Trinajstić information content (AvgIpc) is 2.39. The van der Waals surface area contributed by atoms with Crippen molar-refractivity contribution in [2.75, 3.05) is 19.4 Å². The molecule has 0 heterocycles. The van der Waals surface area contributed by atoms with Crippen LogP contribution < -0.4 is 5.32 Å². The van der Waals surface area contributed by atoms with Crippen molar-refractivity contribution in [3.8, 4) is 0 Å². The number of nitrogens with one attached hydrogen (secondary N) is 1. The molecule has 1 atom stereocenters. The summed E-state index contributed by atoms with van der Waals surface area (Å²) < 4.78 is 25.2. The Hall–Kier alpha value is -1.40. The van der Waals surface area contributed by atoms with Crippen LogP contribution in [0.25, 0.3) is 0 Å². The second-order valence-corrected chi connectivity index (χ2v) is 7.15. The van der Waals surface area contributed by atoms with Gasteiger partial charge < -0.3 is 5.32 Å². The van der Waals surface area contributed by atoms with Crippen LogP contribution in [-0.4, -0.2) is 32.7 Å². The minimum absolute atomic E-state index is 0.0888. The fourth-order valence-corrected chi connectivity index (χ4v) is 2.72. The highest BCUT2D eigenvalue weighted by atomic mass is 32.2. The highest BCUT2D eigenvalue weighted by molar-refractivity contribution is 7.89. The van der Waals surface area contributed by atoms with Crippen molar-refractivity contribution in [2.24, 2.45) is 5.92 Å². The average molecular weight is 298 g/mol. The first-order valence-corrected chi connectivity index (χ1v) is 8.06. The van der Waals surface area contributed by atoms with E-state index in [9.17, 15) is 13.2 Å². The molecule has 20 heavy (non-hydrogen) atoms. The van der Waals surface area contributed by atoms with Crippen molar-refractivity contribution >= 4 is 21.6 Å².